The zero-order valence-corrected chi connectivity index (χ0v) is 12.2. The second-order valence-electron chi connectivity index (χ2n) is 4.14. The fraction of sp³-hybridized carbons (Fsp3) is 0.357. The molecule has 0 atom stereocenters. The van der Waals surface area contributed by atoms with Gasteiger partial charge in [-0.15, -0.1) is 5.10 Å². The van der Waals surface area contributed by atoms with E-state index in [1.54, 1.807) is 25.8 Å². The summed E-state index contributed by atoms with van der Waals surface area (Å²) in [6.07, 6.45) is 0. The molecule has 2 aromatic rings. The van der Waals surface area contributed by atoms with Gasteiger partial charge in [-0.25, -0.2) is 9.48 Å². The van der Waals surface area contributed by atoms with Gasteiger partial charge >= 0.3 is 12.0 Å². The second kappa shape index (κ2) is 6.74. The molecule has 0 N–H and O–H groups in total. The topological polar surface area (TPSA) is 75.5 Å². The third kappa shape index (κ3) is 3.50. The first-order valence-electron chi connectivity index (χ1n) is 6.48. The van der Waals surface area contributed by atoms with E-state index in [4.69, 9.17) is 14.2 Å². The molecule has 0 saturated heterocycles. The first-order valence-corrected chi connectivity index (χ1v) is 6.48. The zero-order valence-electron chi connectivity index (χ0n) is 12.2. The molecule has 2 rings (SSSR count). The molecule has 0 spiro atoms. The Morgan fingerprint density at radius 3 is 2.81 bits per heavy atom. The number of hydrogen-bond acceptors (Lipinski definition) is 6. The summed E-state index contributed by atoms with van der Waals surface area (Å²) >= 11 is 0. The standard InChI is InChI=1S/C14H17N3O4/c1-4-20-12(18)9-21-14-15-13(17(2)16-14)10-7-5-6-8-11(10)19-3/h5-8H,4,9H2,1-3H3. The lowest BCUT2D eigenvalue weighted by atomic mass is 10.2. The molecule has 0 saturated carbocycles. The van der Waals surface area contributed by atoms with Crippen LogP contribution in [0.15, 0.2) is 24.3 Å². The van der Waals surface area contributed by atoms with E-state index in [0.29, 0.717) is 18.2 Å². The van der Waals surface area contributed by atoms with Gasteiger partial charge in [0.25, 0.3) is 0 Å². The highest BCUT2D eigenvalue weighted by Gasteiger charge is 2.15. The minimum Gasteiger partial charge on any atom is -0.496 e. The van der Waals surface area contributed by atoms with Crippen molar-refractivity contribution in [1.82, 2.24) is 14.8 Å². The van der Waals surface area contributed by atoms with Crippen molar-refractivity contribution in [2.75, 3.05) is 20.3 Å². The fourth-order valence-corrected chi connectivity index (χ4v) is 1.81. The zero-order chi connectivity index (χ0) is 15.2. The summed E-state index contributed by atoms with van der Waals surface area (Å²) in [6, 6.07) is 7.58. The number of rotatable bonds is 6. The Labute approximate surface area is 122 Å². The second-order valence-corrected chi connectivity index (χ2v) is 4.14. The van der Waals surface area contributed by atoms with Gasteiger partial charge in [0, 0.05) is 7.05 Å². The Hall–Kier alpha value is -2.57. The van der Waals surface area contributed by atoms with Crippen LogP contribution in [0.1, 0.15) is 6.92 Å². The normalized spacial score (nSPS) is 10.2. The summed E-state index contributed by atoms with van der Waals surface area (Å²) in [6.45, 7) is 1.82. The average molecular weight is 291 g/mol. The minimum atomic E-state index is -0.455. The monoisotopic (exact) mass is 291 g/mol. The molecule has 0 bridgehead atoms. The molecule has 0 aliphatic carbocycles. The quantitative estimate of drug-likeness (QED) is 0.749. The van der Waals surface area contributed by atoms with Crippen molar-refractivity contribution in [1.29, 1.82) is 0 Å². The molecule has 0 amide bonds. The summed E-state index contributed by atoms with van der Waals surface area (Å²) in [4.78, 5) is 15.5. The number of hydrogen-bond donors (Lipinski definition) is 0. The van der Waals surface area contributed by atoms with Crippen molar-refractivity contribution in [2.24, 2.45) is 7.05 Å². The van der Waals surface area contributed by atoms with Crippen LogP contribution in [0.3, 0.4) is 0 Å². The van der Waals surface area contributed by atoms with Crippen molar-refractivity contribution in [3.8, 4) is 23.1 Å². The molecule has 0 radical (unpaired) electrons. The average Bonchev–Trinajstić information content (AvgIpc) is 2.86. The molecule has 0 aliphatic rings. The Kier molecular flexibility index (Phi) is 4.76. The lowest BCUT2D eigenvalue weighted by Gasteiger charge is -2.06. The third-order valence-electron chi connectivity index (χ3n) is 2.72. The largest absolute Gasteiger partial charge is 0.496 e. The van der Waals surface area contributed by atoms with E-state index >= 15 is 0 Å². The number of carbonyl (C=O) groups excluding carboxylic acids is 1. The van der Waals surface area contributed by atoms with Gasteiger partial charge in [-0.2, -0.15) is 4.98 Å². The Morgan fingerprint density at radius 1 is 1.33 bits per heavy atom. The van der Waals surface area contributed by atoms with Crippen molar-refractivity contribution >= 4 is 5.97 Å². The van der Waals surface area contributed by atoms with E-state index in [1.807, 2.05) is 24.3 Å². The molecule has 1 aromatic heterocycles. The first-order chi connectivity index (χ1) is 10.2. The molecule has 1 heterocycles. The van der Waals surface area contributed by atoms with Gasteiger partial charge in [-0.1, -0.05) is 12.1 Å². The minimum absolute atomic E-state index is 0.117. The van der Waals surface area contributed by atoms with Crippen LogP contribution < -0.4 is 9.47 Å². The van der Waals surface area contributed by atoms with Crippen molar-refractivity contribution in [3.63, 3.8) is 0 Å². The molecule has 0 aliphatic heterocycles. The SMILES string of the molecule is CCOC(=O)COc1nc(-c2ccccc2OC)n(C)n1. The molecule has 1 aromatic carbocycles. The predicted molar refractivity (Wildman–Crippen MR) is 75.1 cm³/mol. The number of ether oxygens (including phenoxy) is 3. The van der Waals surface area contributed by atoms with Crippen LogP contribution in [0.2, 0.25) is 0 Å². The van der Waals surface area contributed by atoms with Crippen LogP contribution >= 0.6 is 0 Å². The van der Waals surface area contributed by atoms with Gasteiger partial charge < -0.3 is 14.2 Å². The van der Waals surface area contributed by atoms with Gasteiger partial charge in [0.15, 0.2) is 12.4 Å². The van der Waals surface area contributed by atoms with Crippen LogP contribution in [0.25, 0.3) is 11.4 Å². The molecule has 7 heteroatoms. The van der Waals surface area contributed by atoms with E-state index in [2.05, 4.69) is 10.1 Å². The Bertz CT molecular complexity index is 624. The Morgan fingerprint density at radius 2 is 2.10 bits per heavy atom. The summed E-state index contributed by atoms with van der Waals surface area (Å²) < 4.78 is 16.9. The number of carbonyl (C=O) groups is 1. The van der Waals surface area contributed by atoms with Crippen molar-refractivity contribution in [2.45, 2.75) is 6.92 Å². The Balaban J connectivity index is 2.17. The van der Waals surface area contributed by atoms with Crippen LogP contribution in [-0.2, 0) is 16.6 Å². The van der Waals surface area contributed by atoms with Gasteiger partial charge in [0.05, 0.1) is 19.3 Å². The molecule has 7 nitrogen and oxygen atoms in total. The van der Waals surface area contributed by atoms with Gasteiger partial charge in [0.2, 0.25) is 0 Å². The third-order valence-corrected chi connectivity index (χ3v) is 2.72. The molecular weight excluding hydrogens is 274 g/mol. The lowest BCUT2D eigenvalue weighted by molar-refractivity contribution is -0.145. The predicted octanol–water partition coefficient (Wildman–Crippen LogP) is 1.43. The number of nitrogens with zero attached hydrogens (tertiary/aromatic N) is 3. The van der Waals surface area contributed by atoms with Gasteiger partial charge in [-0.3, -0.25) is 0 Å². The number of esters is 1. The van der Waals surface area contributed by atoms with Crippen LogP contribution in [0, 0.1) is 0 Å². The first kappa shape index (κ1) is 14.8. The van der Waals surface area contributed by atoms with E-state index in [1.165, 1.54) is 0 Å². The number of aryl methyl sites for hydroxylation is 1. The number of para-hydroxylation sites is 1. The maximum absolute atomic E-state index is 11.2. The van der Waals surface area contributed by atoms with Gasteiger partial charge in [0.1, 0.15) is 5.75 Å². The maximum Gasteiger partial charge on any atom is 0.344 e. The van der Waals surface area contributed by atoms with Crippen LogP contribution in [0.4, 0.5) is 0 Å². The molecule has 0 fully saturated rings. The summed E-state index contributed by atoms with van der Waals surface area (Å²) in [5.74, 6) is 0.819. The van der Waals surface area contributed by atoms with E-state index in [9.17, 15) is 4.79 Å². The highest BCUT2D eigenvalue weighted by Crippen LogP contribution is 2.28. The van der Waals surface area contributed by atoms with Crippen LogP contribution in [-0.4, -0.2) is 41.1 Å². The van der Waals surface area contributed by atoms with Gasteiger partial charge in [-0.05, 0) is 19.1 Å². The van der Waals surface area contributed by atoms with Crippen molar-refractivity contribution in [3.05, 3.63) is 24.3 Å². The highest BCUT2D eigenvalue weighted by atomic mass is 16.6. The van der Waals surface area contributed by atoms with E-state index in [-0.39, 0.29) is 12.6 Å². The molecular formula is C14H17N3O4. The summed E-state index contributed by atoms with van der Waals surface area (Å²) in [5.41, 5.74) is 0.793. The van der Waals surface area contributed by atoms with Crippen molar-refractivity contribution < 1.29 is 19.0 Å². The number of methoxy groups -OCH3 is 1. The fourth-order valence-electron chi connectivity index (χ4n) is 1.81. The maximum atomic E-state index is 11.2. The molecule has 21 heavy (non-hydrogen) atoms. The van der Waals surface area contributed by atoms with E-state index in [0.717, 1.165) is 5.56 Å². The number of benzene rings is 1. The number of aromatic nitrogens is 3. The lowest BCUT2D eigenvalue weighted by Crippen LogP contribution is -2.15. The van der Waals surface area contributed by atoms with E-state index < -0.39 is 5.97 Å². The smallest absolute Gasteiger partial charge is 0.344 e. The molecule has 0 unspecified atom stereocenters. The summed E-state index contributed by atoms with van der Waals surface area (Å²) in [5, 5.41) is 4.11. The van der Waals surface area contributed by atoms with Crippen LogP contribution in [0.5, 0.6) is 11.8 Å². The molecule has 112 valence electrons. The highest BCUT2D eigenvalue weighted by molar-refractivity contribution is 5.71. The summed E-state index contributed by atoms with van der Waals surface area (Å²) in [7, 11) is 3.33.